The van der Waals surface area contributed by atoms with E-state index in [1.54, 1.807) is 0 Å². The number of nitrogens with zero attached hydrogens (tertiary/aromatic N) is 2. The lowest BCUT2D eigenvalue weighted by Gasteiger charge is -1.98. The normalized spacial score (nSPS) is 10.5. The molecule has 15 heavy (non-hydrogen) atoms. The van der Waals surface area contributed by atoms with Gasteiger partial charge < -0.3 is 4.57 Å². The molecule has 0 bridgehead atoms. The Morgan fingerprint density at radius 1 is 1.27 bits per heavy atom. The molecule has 2 aromatic rings. The first kappa shape index (κ1) is 10.2. The van der Waals surface area contributed by atoms with Gasteiger partial charge in [-0.25, -0.2) is 4.98 Å². The van der Waals surface area contributed by atoms with Gasteiger partial charge >= 0.3 is 0 Å². The second-order valence-corrected chi connectivity index (χ2v) is 3.60. The maximum atomic E-state index is 5.83. The topological polar surface area (TPSA) is 17.8 Å². The van der Waals surface area contributed by atoms with Crippen molar-refractivity contribution in [2.24, 2.45) is 0 Å². The van der Waals surface area contributed by atoms with Gasteiger partial charge in [0.1, 0.15) is 5.82 Å². The number of halogens is 1. The predicted molar refractivity (Wildman–Crippen MR) is 62.9 cm³/mol. The number of hydrogen-bond donors (Lipinski definition) is 0. The maximum Gasteiger partial charge on any atom is 0.124 e. The third kappa shape index (κ3) is 2.05. The lowest BCUT2D eigenvalue weighted by atomic mass is 10.2. The van der Waals surface area contributed by atoms with E-state index in [2.05, 4.69) is 28.6 Å². The number of imidazole rings is 1. The summed E-state index contributed by atoms with van der Waals surface area (Å²) in [6.07, 6.45) is 2.05. The molecule has 1 heterocycles. The highest BCUT2D eigenvalue weighted by Gasteiger charge is 2.06. The highest BCUT2D eigenvalue weighted by atomic mass is 35.5. The molecule has 0 saturated heterocycles. The highest BCUT2D eigenvalue weighted by Crippen LogP contribution is 2.18. The van der Waals surface area contributed by atoms with Crippen LogP contribution in [0.2, 0.25) is 0 Å². The average molecular weight is 221 g/mol. The molecule has 0 fully saturated rings. The van der Waals surface area contributed by atoms with Crippen molar-refractivity contribution in [3.05, 3.63) is 42.4 Å². The third-order valence-electron chi connectivity index (χ3n) is 2.39. The Labute approximate surface area is 94.5 Å². The molecule has 2 nitrogen and oxygen atoms in total. The summed E-state index contributed by atoms with van der Waals surface area (Å²) >= 11 is 5.83. The van der Waals surface area contributed by atoms with E-state index in [-0.39, 0.29) is 0 Å². The molecule has 0 atom stereocenters. The summed E-state index contributed by atoms with van der Waals surface area (Å²) < 4.78 is 2.08. The van der Waals surface area contributed by atoms with Gasteiger partial charge in [0.25, 0.3) is 0 Å². The van der Waals surface area contributed by atoms with Gasteiger partial charge in [-0.05, 0) is 6.92 Å². The van der Waals surface area contributed by atoms with Crippen LogP contribution < -0.4 is 0 Å². The summed E-state index contributed by atoms with van der Waals surface area (Å²) in [4.78, 5) is 4.50. The standard InChI is InChI=1S/C12H13ClN2/c1-2-15-9-11(14-12(15)8-13)10-6-4-3-5-7-10/h3-7,9H,2,8H2,1H3. The van der Waals surface area contributed by atoms with Crippen LogP contribution in [0.25, 0.3) is 11.3 Å². The van der Waals surface area contributed by atoms with Crippen LogP contribution in [0.3, 0.4) is 0 Å². The van der Waals surface area contributed by atoms with Crippen molar-refractivity contribution in [2.45, 2.75) is 19.3 Å². The van der Waals surface area contributed by atoms with Crippen LogP contribution in [0.4, 0.5) is 0 Å². The number of aromatic nitrogens is 2. The van der Waals surface area contributed by atoms with E-state index >= 15 is 0 Å². The van der Waals surface area contributed by atoms with Gasteiger partial charge in [-0.3, -0.25) is 0 Å². The molecular formula is C12H13ClN2. The lowest BCUT2D eigenvalue weighted by molar-refractivity contribution is 0.724. The average Bonchev–Trinajstić information content (AvgIpc) is 2.73. The minimum absolute atomic E-state index is 0.459. The molecule has 0 saturated carbocycles. The number of aryl methyl sites for hydroxylation is 1. The molecule has 1 aromatic carbocycles. The van der Waals surface area contributed by atoms with Gasteiger partial charge in [0.05, 0.1) is 11.6 Å². The van der Waals surface area contributed by atoms with E-state index < -0.39 is 0 Å². The third-order valence-corrected chi connectivity index (χ3v) is 2.63. The van der Waals surface area contributed by atoms with Crippen LogP contribution in [-0.4, -0.2) is 9.55 Å². The highest BCUT2D eigenvalue weighted by molar-refractivity contribution is 6.16. The Bertz CT molecular complexity index is 413. The van der Waals surface area contributed by atoms with E-state index in [1.165, 1.54) is 0 Å². The largest absolute Gasteiger partial charge is 0.334 e. The van der Waals surface area contributed by atoms with Crippen molar-refractivity contribution in [1.29, 1.82) is 0 Å². The number of benzene rings is 1. The van der Waals surface area contributed by atoms with Gasteiger partial charge in [0, 0.05) is 18.3 Å². The molecule has 0 aliphatic heterocycles. The molecule has 2 rings (SSSR count). The molecule has 0 aliphatic carbocycles. The Morgan fingerprint density at radius 2 is 2.00 bits per heavy atom. The number of alkyl halides is 1. The second kappa shape index (κ2) is 4.49. The van der Waals surface area contributed by atoms with E-state index in [0.29, 0.717) is 5.88 Å². The summed E-state index contributed by atoms with van der Waals surface area (Å²) in [6.45, 7) is 2.99. The van der Waals surface area contributed by atoms with Crippen molar-refractivity contribution in [3.63, 3.8) is 0 Å². The zero-order valence-electron chi connectivity index (χ0n) is 8.65. The molecule has 0 N–H and O–H groups in total. The van der Waals surface area contributed by atoms with Gasteiger partial charge in [0.15, 0.2) is 0 Å². The van der Waals surface area contributed by atoms with Gasteiger partial charge in [0.2, 0.25) is 0 Å². The molecule has 78 valence electrons. The minimum atomic E-state index is 0.459. The smallest absolute Gasteiger partial charge is 0.124 e. The Balaban J connectivity index is 2.42. The molecule has 0 amide bonds. The molecule has 3 heteroatoms. The Hall–Kier alpha value is -1.28. The summed E-state index contributed by atoms with van der Waals surface area (Å²) in [5, 5.41) is 0. The first-order chi connectivity index (χ1) is 7.35. The number of rotatable bonds is 3. The molecular weight excluding hydrogens is 208 g/mol. The fraction of sp³-hybridized carbons (Fsp3) is 0.250. The van der Waals surface area contributed by atoms with Crippen LogP contribution >= 0.6 is 11.6 Å². The molecule has 0 radical (unpaired) electrons. The quantitative estimate of drug-likeness (QED) is 0.726. The summed E-state index contributed by atoms with van der Waals surface area (Å²) in [6, 6.07) is 10.1. The van der Waals surface area contributed by atoms with E-state index in [4.69, 9.17) is 11.6 Å². The van der Waals surface area contributed by atoms with Crippen molar-refractivity contribution < 1.29 is 0 Å². The van der Waals surface area contributed by atoms with Crippen molar-refractivity contribution in [2.75, 3.05) is 0 Å². The zero-order chi connectivity index (χ0) is 10.7. The van der Waals surface area contributed by atoms with E-state index in [0.717, 1.165) is 23.6 Å². The molecule has 0 spiro atoms. The van der Waals surface area contributed by atoms with Crippen molar-refractivity contribution in [3.8, 4) is 11.3 Å². The van der Waals surface area contributed by atoms with Crippen molar-refractivity contribution in [1.82, 2.24) is 9.55 Å². The van der Waals surface area contributed by atoms with Gasteiger partial charge in [-0.2, -0.15) is 0 Å². The van der Waals surface area contributed by atoms with Crippen LogP contribution in [0.15, 0.2) is 36.5 Å². The summed E-state index contributed by atoms with van der Waals surface area (Å²) in [7, 11) is 0. The monoisotopic (exact) mass is 220 g/mol. The summed E-state index contributed by atoms with van der Waals surface area (Å²) in [5.41, 5.74) is 2.13. The first-order valence-corrected chi connectivity index (χ1v) is 5.56. The minimum Gasteiger partial charge on any atom is -0.334 e. The second-order valence-electron chi connectivity index (χ2n) is 3.33. The number of hydrogen-bond acceptors (Lipinski definition) is 1. The summed E-state index contributed by atoms with van der Waals surface area (Å²) in [5.74, 6) is 1.39. The maximum absolute atomic E-state index is 5.83. The van der Waals surface area contributed by atoms with Crippen molar-refractivity contribution >= 4 is 11.6 Å². The molecule has 1 aromatic heterocycles. The van der Waals surface area contributed by atoms with Crippen LogP contribution in [-0.2, 0) is 12.4 Å². The van der Waals surface area contributed by atoms with Crippen LogP contribution in [0.1, 0.15) is 12.7 Å². The fourth-order valence-electron chi connectivity index (χ4n) is 1.58. The SMILES string of the molecule is CCn1cc(-c2ccccc2)nc1CCl. The Kier molecular flexibility index (Phi) is 3.07. The van der Waals surface area contributed by atoms with Gasteiger partial charge in [-0.15, -0.1) is 11.6 Å². The van der Waals surface area contributed by atoms with E-state index in [9.17, 15) is 0 Å². The molecule has 0 aliphatic rings. The first-order valence-electron chi connectivity index (χ1n) is 5.02. The van der Waals surface area contributed by atoms with Crippen LogP contribution in [0.5, 0.6) is 0 Å². The Morgan fingerprint density at radius 3 is 2.53 bits per heavy atom. The predicted octanol–water partition coefficient (Wildman–Crippen LogP) is 3.31. The van der Waals surface area contributed by atoms with Crippen LogP contribution in [0, 0.1) is 0 Å². The lowest BCUT2D eigenvalue weighted by Crippen LogP contribution is -1.97. The zero-order valence-corrected chi connectivity index (χ0v) is 9.41. The van der Waals surface area contributed by atoms with Gasteiger partial charge in [-0.1, -0.05) is 30.3 Å². The fourth-order valence-corrected chi connectivity index (χ4v) is 1.80. The van der Waals surface area contributed by atoms with E-state index in [1.807, 2.05) is 24.4 Å². The molecule has 0 unspecified atom stereocenters.